The number of hydrogen-bond donors (Lipinski definition) is 2. The van der Waals surface area contributed by atoms with Gasteiger partial charge in [0, 0.05) is 47.5 Å². The molecule has 1 fully saturated rings. The Morgan fingerprint density at radius 2 is 2.07 bits per heavy atom. The standard InChI is InChI=1S/C22H26N4O/c1-15-10-19(13-23-15)17-6-7-18-12-24-22(21(27)20(18)11-17)25-16(2)14-26-8-4-3-5-9-26/h6-7,11-13,27H,2-5,8-10,14H2,1H3,(H,24,25). The van der Waals surface area contributed by atoms with Crippen LogP contribution in [0.3, 0.4) is 0 Å². The van der Waals surface area contributed by atoms with E-state index in [-0.39, 0.29) is 5.75 Å². The van der Waals surface area contributed by atoms with Crippen LogP contribution >= 0.6 is 0 Å². The van der Waals surface area contributed by atoms with E-state index in [9.17, 15) is 5.11 Å². The van der Waals surface area contributed by atoms with E-state index in [4.69, 9.17) is 0 Å². The SMILES string of the molecule is C=C(CN1CCCCC1)Nc1ncc2ccc(C3=CN=C(C)C3)cc2c1O. The van der Waals surface area contributed by atoms with E-state index < -0.39 is 0 Å². The first-order chi connectivity index (χ1) is 13.1. The highest BCUT2D eigenvalue weighted by Gasteiger charge is 2.15. The zero-order valence-corrected chi connectivity index (χ0v) is 15.8. The average molecular weight is 362 g/mol. The van der Waals surface area contributed by atoms with Gasteiger partial charge in [0.25, 0.3) is 0 Å². The highest BCUT2D eigenvalue weighted by atomic mass is 16.3. The number of nitrogens with one attached hydrogen (secondary N) is 1. The van der Waals surface area contributed by atoms with Crippen LogP contribution in [0.2, 0.25) is 0 Å². The van der Waals surface area contributed by atoms with Crippen LogP contribution in [-0.2, 0) is 0 Å². The maximum absolute atomic E-state index is 10.8. The summed E-state index contributed by atoms with van der Waals surface area (Å²) in [5.41, 5.74) is 4.23. The Kier molecular flexibility index (Phi) is 4.94. The number of rotatable bonds is 5. The molecule has 3 heterocycles. The fourth-order valence-corrected chi connectivity index (χ4v) is 3.81. The van der Waals surface area contributed by atoms with Gasteiger partial charge in [-0.2, -0.15) is 0 Å². The molecule has 140 valence electrons. The molecule has 2 aliphatic heterocycles. The van der Waals surface area contributed by atoms with Gasteiger partial charge in [0.05, 0.1) is 0 Å². The Morgan fingerprint density at radius 3 is 2.81 bits per heavy atom. The largest absolute Gasteiger partial charge is 0.504 e. The first-order valence-corrected chi connectivity index (χ1v) is 9.62. The molecule has 0 amide bonds. The summed E-state index contributed by atoms with van der Waals surface area (Å²) in [4.78, 5) is 11.2. The monoisotopic (exact) mass is 362 g/mol. The van der Waals surface area contributed by atoms with Crippen molar-refractivity contribution in [1.29, 1.82) is 0 Å². The van der Waals surface area contributed by atoms with E-state index in [0.717, 1.165) is 53.8 Å². The quantitative estimate of drug-likeness (QED) is 0.819. The van der Waals surface area contributed by atoms with Crippen molar-refractivity contribution in [2.24, 2.45) is 4.99 Å². The number of piperidine rings is 1. The highest BCUT2D eigenvalue weighted by molar-refractivity contribution is 5.99. The summed E-state index contributed by atoms with van der Waals surface area (Å²) in [6.45, 7) is 9.15. The Labute approximate surface area is 160 Å². The highest BCUT2D eigenvalue weighted by Crippen LogP contribution is 2.34. The third kappa shape index (κ3) is 3.88. The van der Waals surface area contributed by atoms with Crippen molar-refractivity contribution in [1.82, 2.24) is 9.88 Å². The molecule has 4 rings (SSSR count). The minimum Gasteiger partial charge on any atom is -0.504 e. The van der Waals surface area contributed by atoms with Crippen LogP contribution in [0.15, 0.2) is 47.9 Å². The lowest BCUT2D eigenvalue weighted by Crippen LogP contribution is -2.32. The number of benzene rings is 1. The lowest BCUT2D eigenvalue weighted by molar-refractivity contribution is 0.247. The molecule has 1 aromatic heterocycles. The van der Waals surface area contributed by atoms with Crippen LogP contribution in [0.5, 0.6) is 5.75 Å². The molecule has 2 aromatic rings. The average Bonchev–Trinajstić information content (AvgIpc) is 3.11. The molecule has 1 aromatic carbocycles. The van der Waals surface area contributed by atoms with E-state index >= 15 is 0 Å². The molecule has 0 saturated carbocycles. The molecule has 0 bridgehead atoms. The molecule has 0 unspecified atom stereocenters. The molecule has 0 aliphatic carbocycles. The van der Waals surface area contributed by atoms with Crippen molar-refractivity contribution >= 4 is 27.9 Å². The third-order valence-corrected chi connectivity index (χ3v) is 5.28. The molecule has 1 saturated heterocycles. The van der Waals surface area contributed by atoms with E-state index in [1.807, 2.05) is 25.3 Å². The number of allylic oxidation sites excluding steroid dienone is 1. The number of fused-ring (bicyclic) bond motifs is 1. The predicted octanol–water partition coefficient (Wildman–Crippen LogP) is 4.56. The summed E-state index contributed by atoms with van der Waals surface area (Å²) in [6, 6.07) is 6.08. The number of aromatic nitrogens is 1. The molecule has 2 N–H and O–H groups in total. The van der Waals surface area contributed by atoms with Crippen molar-refractivity contribution in [2.45, 2.75) is 32.6 Å². The topological polar surface area (TPSA) is 60.8 Å². The van der Waals surface area contributed by atoms with Crippen molar-refractivity contribution in [2.75, 3.05) is 25.0 Å². The zero-order valence-electron chi connectivity index (χ0n) is 15.8. The van der Waals surface area contributed by atoms with E-state index in [2.05, 4.69) is 32.8 Å². The Morgan fingerprint density at radius 1 is 1.26 bits per heavy atom. The molecule has 0 atom stereocenters. The van der Waals surface area contributed by atoms with Crippen molar-refractivity contribution in [3.05, 3.63) is 48.4 Å². The minimum absolute atomic E-state index is 0.172. The number of hydrogen-bond acceptors (Lipinski definition) is 5. The van der Waals surface area contributed by atoms with Gasteiger partial charge in [-0.05, 0) is 50.1 Å². The van der Waals surface area contributed by atoms with Gasteiger partial charge in [0.1, 0.15) is 0 Å². The van der Waals surface area contributed by atoms with E-state index in [1.165, 1.54) is 24.8 Å². The lowest BCUT2D eigenvalue weighted by Gasteiger charge is -2.27. The molecule has 5 nitrogen and oxygen atoms in total. The summed E-state index contributed by atoms with van der Waals surface area (Å²) >= 11 is 0. The van der Waals surface area contributed by atoms with Gasteiger partial charge < -0.3 is 10.4 Å². The van der Waals surface area contributed by atoms with Gasteiger partial charge in [-0.3, -0.25) is 9.89 Å². The smallest absolute Gasteiger partial charge is 0.173 e. The maximum atomic E-state index is 10.8. The first kappa shape index (κ1) is 17.7. The molecule has 27 heavy (non-hydrogen) atoms. The van der Waals surface area contributed by atoms with Gasteiger partial charge in [-0.15, -0.1) is 0 Å². The lowest BCUT2D eigenvalue weighted by atomic mass is 10.00. The summed E-state index contributed by atoms with van der Waals surface area (Å²) in [6.07, 6.45) is 8.36. The Hall–Kier alpha value is -2.66. The van der Waals surface area contributed by atoms with Crippen LogP contribution in [0.1, 0.15) is 38.2 Å². The van der Waals surface area contributed by atoms with Gasteiger partial charge >= 0.3 is 0 Å². The minimum atomic E-state index is 0.172. The van der Waals surface area contributed by atoms with Crippen LogP contribution in [0.25, 0.3) is 16.3 Å². The van der Waals surface area contributed by atoms with Gasteiger partial charge in [0.15, 0.2) is 11.6 Å². The van der Waals surface area contributed by atoms with Crippen molar-refractivity contribution in [3.63, 3.8) is 0 Å². The number of aliphatic imine (C=N–C) groups is 1. The van der Waals surface area contributed by atoms with Crippen molar-refractivity contribution < 1.29 is 5.11 Å². The van der Waals surface area contributed by atoms with E-state index in [1.54, 1.807) is 6.20 Å². The number of aromatic hydroxyl groups is 1. The summed E-state index contributed by atoms with van der Waals surface area (Å²) in [5, 5.41) is 15.7. The maximum Gasteiger partial charge on any atom is 0.173 e. The van der Waals surface area contributed by atoms with Crippen molar-refractivity contribution in [3.8, 4) is 5.75 Å². The number of anilines is 1. The fourth-order valence-electron chi connectivity index (χ4n) is 3.81. The van der Waals surface area contributed by atoms with Crippen LogP contribution < -0.4 is 5.32 Å². The first-order valence-electron chi connectivity index (χ1n) is 9.62. The third-order valence-electron chi connectivity index (χ3n) is 5.28. The zero-order chi connectivity index (χ0) is 18.8. The van der Waals surface area contributed by atoms with Gasteiger partial charge in [-0.25, -0.2) is 4.98 Å². The van der Waals surface area contributed by atoms with Crippen LogP contribution in [0, 0.1) is 0 Å². The Bertz CT molecular complexity index is 939. The van der Waals surface area contributed by atoms with Gasteiger partial charge in [0.2, 0.25) is 0 Å². The predicted molar refractivity (Wildman–Crippen MR) is 112 cm³/mol. The summed E-state index contributed by atoms with van der Waals surface area (Å²) in [5.74, 6) is 0.639. The molecule has 2 aliphatic rings. The van der Waals surface area contributed by atoms with Crippen LogP contribution in [0.4, 0.5) is 5.82 Å². The second-order valence-electron chi connectivity index (χ2n) is 7.52. The second-order valence-corrected chi connectivity index (χ2v) is 7.52. The molecular formula is C22H26N4O. The number of nitrogens with zero attached hydrogens (tertiary/aromatic N) is 3. The van der Waals surface area contributed by atoms with Crippen LogP contribution in [-0.4, -0.2) is 40.3 Å². The number of pyridine rings is 1. The molecular weight excluding hydrogens is 336 g/mol. The second kappa shape index (κ2) is 7.53. The normalized spacial score (nSPS) is 17.7. The van der Waals surface area contributed by atoms with E-state index in [0.29, 0.717) is 5.82 Å². The van der Waals surface area contributed by atoms with Gasteiger partial charge in [-0.1, -0.05) is 25.1 Å². The Balaban J connectivity index is 1.54. The fraction of sp³-hybridized carbons (Fsp3) is 0.364. The number of likely N-dealkylation sites (tertiary alicyclic amines) is 1. The molecule has 0 spiro atoms. The molecule has 5 heteroatoms. The molecule has 0 radical (unpaired) electrons. The summed E-state index contributed by atoms with van der Waals surface area (Å²) < 4.78 is 0. The summed E-state index contributed by atoms with van der Waals surface area (Å²) in [7, 11) is 0.